The molecule has 2 heterocycles. The van der Waals surface area contributed by atoms with Crippen molar-refractivity contribution in [1.82, 2.24) is 5.32 Å². The van der Waals surface area contributed by atoms with Crippen LogP contribution < -0.4 is 10.1 Å². The normalized spacial score (nSPS) is 24.6. The minimum absolute atomic E-state index is 0.000274. The number of aliphatic hydroxyl groups excluding tert-OH is 1. The first-order chi connectivity index (χ1) is 13.4. The second-order valence-corrected chi connectivity index (χ2v) is 8.99. The molecule has 4 rings (SSSR count). The van der Waals surface area contributed by atoms with Crippen LogP contribution >= 0.6 is 23.5 Å². The Morgan fingerprint density at radius 2 is 1.96 bits per heavy atom. The molecule has 0 spiro atoms. The van der Waals surface area contributed by atoms with Crippen LogP contribution in [0.25, 0.3) is 0 Å². The summed E-state index contributed by atoms with van der Waals surface area (Å²) in [4.78, 5) is 1.08. The highest BCUT2D eigenvalue weighted by atomic mass is 32.2. The van der Waals surface area contributed by atoms with Crippen LogP contribution in [-0.4, -0.2) is 29.1 Å². The molecule has 9 heteroatoms. The molecule has 2 aromatic rings. The summed E-state index contributed by atoms with van der Waals surface area (Å²) in [6.45, 7) is -0.109. The molecule has 0 aromatic heterocycles. The lowest BCUT2D eigenvalue weighted by Gasteiger charge is -2.22. The van der Waals surface area contributed by atoms with Crippen LogP contribution in [0.3, 0.4) is 0 Å². The molecule has 0 saturated carbocycles. The highest BCUT2D eigenvalue weighted by Gasteiger charge is 2.31. The molecule has 2 N–H and O–H groups in total. The molecule has 2 aliphatic heterocycles. The monoisotopic (exact) mass is 429 g/mol. The maximum Gasteiger partial charge on any atom is 0.416 e. The van der Waals surface area contributed by atoms with Gasteiger partial charge >= 0.3 is 12.7 Å². The molecule has 2 aliphatic rings. The molecule has 150 valence electrons. The van der Waals surface area contributed by atoms with E-state index < -0.39 is 18.2 Å². The van der Waals surface area contributed by atoms with Crippen molar-refractivity contribution >= 4 is 23.5 Å². The van der Waals surface area contributed by atoms with Gasteiger partial charge in [-0.05, 0) is 35.9 Å². The third kappa shape index (κ3) is 4.60. The van der Waals surface area contributed by atoms with Gasteiger partial charge in [-0.3, -0.25) is 0 Å². The summed E-state index contributed by atoms with van der Waals surface area (Å²) in [5.41, 5.74) is 1.13. The molecule has 4 nitrogen and oxygen atoms in total. The minimum atomic E-state index is -4.31. The summed E-state index contributed by atoms with van der Waals surface area (Å²) in [6.07, 6.45) is -4.31. The fourth-order valence-electron chi connectivity index (χ4n) is 3.03. The molecule has 3 unspecified atom stereocenters. The fourth-order valence-corrected chi connectivity index (χ4v) is 5.52. The van der Waals surface area contributed by atoms with Crippen molar-refractivity contribution in [2.45, 2.75) is 34.8 Å². The van der Waals surface area contributed by atoms with E-state index in [1.54, 1.807) is 35.7 Å². The third-order valence-electron chi connectivity index (χ3n) is 4.48. The number of rotatable bonds is 4. The predicted octanol–water partition coefficient (Wildman–Crippen LogP) is 4.39. The van der Waals surface area contributed by atoms with Crippen LogP contribution in [0.4, 0.5) is 13.2 Å². The maximum atomic E-state index is 12.7. The van der Waals surface area contributed by atoms with E-state index in [4.69, 9.17) is 9.47 Å². The van der Waals surface area contributed by atoms with Gasteiger partial charge in [0, 0.05) is 28.0 Å². The Morgan fingerprint density at radius 3 is 2.71 bits per heavy atom. The number of fused-ring (bicyclic) bond motifs is 1. The minimum Gasteiger partial charge on any atom is -0.441 e. The molecule has 0 amide bonds. The number of alkyl halides is 3. The fraction of sp³-hybridized carbons (Fsp3) is 0.368. The van der Waals surface area contributed by atoms with E-state index in [-0.39, 0.29) is 5.37 Å². The summed E-state index contributed by atoms with van der Waals surface area (Å²) in [6, 6.07) is 11.1. The van der Waals surface area contributed by atoms with Crippen LogP contribution in [0.15, 0.2) is 47.4 Å². The van der Waals surface area contributed by atoms with Crippen LogP contribution in [0.5, 0.6) is 5.75 Å². The Balaban J connectivity index is 1.32. The van der Waals surface area contributed by atoms with Crippen molar-refractivity contribution in [3.63, 3.8) is 0 Å². The summed E-state index contributed by atoms with van der Waals surface area (Å²) < 4.78 is 48.3. The lowest BCUT2D eigenvalue weighted by atomic mass is 10.1. The highest BCUT2D eigenvalue weighted by molar-refractivity contribution is 8.03. The number of ether oxygens (including phenoxy) is 2. The topological polar surface area (TPSA) is 50.7 Å². The van der Waals surface area contributed by atoms with Crippen molar-refractivity contribution in [3.8, 4) is 5.75 Å². The summed E-state index contributed by atoms with van der Waals surface area (Å²) >= 11 is 3.44. The average molecular weight is 429 g/mol. The van der Waals surface area contributed by atoms with Crippen molar-refractivity contribution in [3.05, 3.63) is 59.2 Å². The largest absolute Gasteiger partial charge is 0.441 e. The van der Waals surface area contributed by atoms with Gasteiger partial charge in [0.2, 0.25) is 0 Å². The van der Waals surface area contributed by atoms with E-state index in [9.17, 15) is 18.3 Å². The number of hydrogen-bond acceptors (Lipinski definition) is 6. The molecule has 1 saturated heterocycles. The Kier molecular flexibility index (Phi) is 5.80. The molecule has 28 heavy (non-hydrogen) atoms. The SMILES string of the molecule is OC1OCc2cc(SCC3CNC(c4ccc(C(F)(F)F)cc4)S3)ccc2O1. The van der Waals surface area contributed by atoms with Gasteiger partial charge in [0.1, 0.15) is 5.75 Å². The zero-order chi connectivity index (χ0) is 19.7. The van der Waals surface area contributed by atoms with Gasteiger partial charge in [0.15, 0.2) is 0 Å². The quantitative estimate of drug-likeness (QED) is 0.704. The first-order valence-corrected chi connectivity index (χ1v) is 10.6. The first-order valence-electron chi connectivity index (χ1n) is 8.66. The van der Waals surface area contributed by atoms with Crippen LogP contribution in [-0.2, 0) is 17.5 Å². The van der Waals surface area contributed by atoms with Gasteiger partial charge < -0.3 is 19.9 Å². The van der Waals surface area contributed by atoms with Gasteiger partial charge in [-0.25, -0.2) is 0 Å². The van der Waals surface area contributed by atoms with Gasteiger partial charge in [-0.15, -0.1) is 23.5 Å². The van der Waals surface area contributed by atoms with Crippen LogP contribution in [0.1, 0.15) is 22.1 Å². The number of aliphatic hydroxyl groups is 1. The second kappa shape index (κ2) is 8.16. The summed E-state index contributed by atoms with van der Waals surface area (Å²) in [7, 11) is 0. The Morgan fingerprint density at radius 1 is 1.18 bits per heavy atom. The predicted molar refractivity (Wildman–Crippen MR) is 102 cm³/mol. The highest BCUT2D eigenvalue weighted by Crippen LogP contribution is 2.39. The van der Waals surface area contributed by atoms with Gasteiger partial charge in [-0.1, -0.05) is 12.1 Å². The van der Waals surface area contributed by atoms with Gasteiger partial charge in [-0.2, -0.15) is 13.2 Å². The maximum absolute atomic E-state index is 12.7. The Labute approximate surface area is 168 Å². The van der Waals surface area contributed by atoms with Gasteiger partial charge in [0.05, 0.1) is 17.5 Å². The lowest BCUT2D eigenvalue weighted by molar-refractivity contribution is -0.235. The molecule has 0 radical (unpaired) electrons. The molecule has 2 aromatic carbocycles. The second-order valence-electron chi connectivity index (χ2n) is 6.48. The number of benzene rings is 2. The zero-order valence-corrected chi connectivity index (χ0v) is 16.2. The Bertz CT molecular complexity index is 832. The van der Waals surface area contributed by atoms with E-state index in [2.05, 4.69) is 5.32 Å². The van der Waals surface area contributed by atoms with Gasteiger partial charge in [0.25, 0.3) is 0 Å². The number of thioether (sulfide) groups is 2. The van der Waals surface area contributed by atoms with Crippen LogP contribution in [0.2, 0.25) is 0 Å². The third-order valence-corrected chi connectivity index (χ3v) is 7.27. The van der Waals surface area contributed by atoms with Crippen molar-refractivity contribution in [2.24, 2.45) is 0 Å². The van der Waals surface area contributed by atoms with E-state index in [1.165, 1.54) is 0 Å². The number of hydrogen-bond donors (Lipinski definition) is 2. The van der Waals surface area contributed by atoms with E-state index in [0.29, 0.717) is 17.6 Å². The van der Waals surface area contributed by atoms with Crippen LogP contribution in [0, 0.1) is 0 Å². The van der Waals surface area contributed by atoms with E-state index in [1.807, 2.05) is 18.2 Å². The van der Waals surface area contributed by atoms with E-state index in [0.717, 1.165) is 40.5 Å². The van der Waals surface area contributed by atoms with Crippen molar-refractivity contribution in [1.29, 1.82) is 0 Å². The summed E-state index contributed by atoms with van der Waals surface area (Å²) in [5.74, 6) is 1.50. The molecule has 1 fully saturated rings. The Hall–Kier alpha value is -1.39. The molecule has 0 bridgehead atoms. The standard InChI is InChI=1S/C19H18F3NO3S2/c20-19(21,22)13-3-1-11(2-4-13)17-23-8-15(28-17)10-27-14-5-6-16-12(7-14)9-25-18(24)26-16/h1-7,15,17-18,23-24H,8-10H2. The molecular formula is C19H18F3NO3S2. The zero-order valence-electron chi connectivity index (χ0n) is 14.6. The van der Waals surface area contributed by atoms with Crippen molar-refractivity contribution < 1.29 is 27.8 Å². The molecule has 0 aliphatic carbocycles. The molecule has 3 atom stereocenters. The summed E-state index contributed by atoms with van der Waals surface area (Å²) in [5, 5.41) is 13.1. The smallest absolute Gasteiger partial charge is 0.416 e. The number of nitrogens with one attached hydrogen (secondary N) is 1. The lowest BCUT2D eigenvalue weighted by Crippen LogP contribution is -2.24. The van der Waals surface area contributed by atoms with E-state index >= 15 is 0 Å². The average Bonchev–Trinajstić information content (AvgIpc) is 3.15. The van der Waals surface area contributed by atoms with Crippen molar-refractivity contribution in [2.75, 3.05) is 12.3 Å². The number of halogens is 3. The molecular weight excluding hydrogens is 411 g/mol. The first kappa shape index (κ1) is 19.9.